The van der Waals surface area contributed by atoms with Crippen molar-refractivity contribution in [3.05, 3.63) is 29.8 Å². The molecule has 0 saturated carbocycles. The Hall–Kier alpha value is -1.79. The SMILES string of the molecule is CCN1CCN(CCCCNC(=NC)NCC(C)Oc2cccc(C)c2)CC1. The van der Waals surface area contributed by atoms with Crippen molar-refractivity contribution in [3.63, 3.8) is 0 Å². The van der Waals surface area contributed by atoms with Crippen LogP contribution in [0.2, 0.25) is 0 Å². The molecule has 1 aliphatic rings. The van der Waals surface area contributed by atoms with Crippen LogP contribution in [0, 0.1) is 6.92 Å². The van der Waals surface area contributed by atoms with E-state index in [2.05, 4.69) is 58.3 Å². The fraction of sp³-hybridized carbons (Fsp3) is 0.682. The predicted molar refractivity (Wildman–Crippen MR) is 118 cm³/mol. The summed E-state index contributed by atoms with van der Waals surface area (Å²) in [4.78, 5) is 9.42. The fourth-order valence-electron chi connectivity index (χ4n) is 3.42. The third-order valence-corrected chi connectivity index (χ3v) is 5.21. The Morgan fingerprint density at radius 2 is 1.89 bits per heavy atom. The van der Waals surface area contributed by atoms with Gasteiger partial charge in [0.15, 0.2) is 5.96 Å². The predicted octanol–water partition coefficient (Wildman–Crippen LogP) is 2.35. The van der Waals surface area contributed by atoms with Gasteiger partial charge < -0.3 is 25.2 Å². The first-order valence-corrected chi connectivity index (χ1v) is 10.7. The standard InChI is InChI=1S/C22H39N5O/c1-5-26-13-15-27(16-14-26)12-7-6-11-24-22(23-4)25-18-20(3)28-21-10-8-9-19(2)17-21/h8-10,17,20H,5-7,11-16,18H2,1-4H3,(H2,23,24,25). The molecule has 1 aromatic carbocycles. The van der Waals surface area contributed by atoms with E-state index < -0.39 is 0 Å². The summed E-state index contributed by atoms with van der Waals surface area (Å²) >= 11 is 0. The second kappa shape index (κ2) is 12.6. The van der Waals surface area contributed by atoms with Crippen LogP contribution in [-0.4, -0.2) is 81.3 Å². The van der Waals surface area contributed by atoms with E-state index in [0.717, 1.165) is 31.2 Å². The van der Waals surface area contributed by atoms with Gasteiger partial charge in [0, 0.05) is 39.8 Å². The van der Waals surface area contributed by atoms with Gasteiger partial charge in [-0.3, -0.25) is 4.99 Å². The Balaban J connectivity index is 1.55. The average Bonchev–Trinajstić information content (AvgIpc) is 2.70. The molecular formula is C22H39N5O. The lowest BCUT2D eigenvalue weighted by Crippen LogP contribution is -2.46. The number of hydrogen-bond acceptors (Lipinski definition) is 4. The molecule has 2 rings (SSSR count). The lowest BCUT2D eigenvalue weighted by molar-refractivity contribution is 0.136. The van der Waals surface area contributed by atoms with Crippen molar-refractivity contribution in [3.8, 4) is 5.75 Å². The molecule has 1 unspecified atom stereocenters. The highest BCUT2D eigenvalue weighted by Gasteiger charge is 2.14. The van der Waals surface area contributed by atoms with Gasteiger partial charge in [-0.2, -0.15) is 0 Å². The van der Waals surface area contributed by atoms with Crippen LogP contribution in [0.15, 0.2) is 29.3 Å². The minimum atomic E-state index is 0.0714. The van der Waals surface area contributed by atoms with E-state index in [-0.39, 0.29) is 6.10 Å². The summed E-state index contributed by atoms with van der Waals surface area (Å²) in [6.45, 7) is 15.3. The van der Waals surface area contributed by atoms with E-state index in [1.165, 1.54) is 51.3 Å². The zero-order valence-electron chi connectivity index (χ0n) is 18.2. The molecule has 6 heteroatoms. The smallest absolute Gasteiger partial charge is 0.191 e. The minimum absolute atomic E-state index is 0.0714. The molecule has 0 aliphatic carbocycles. The van der Waals surface area contributed by atoms with Gasteiger partial charge in [-0.25, -0.2) is 0 Å². The molecule has 28 heavy (non-hydrogen) atoms. The van der Waals surface area contributed by atoms with Gasteiger partial charge in [0.2, 0.25) is 0 Å². The first-order chi connectivity index (χ1) is 13.6. The molecule has 0 bridgehead atoms. The number of nitrogens with zero attached hydrogens (tertiary/aromatic N) is 3. The molecule has 158 valence electrons. The Kier molecular flexibility index (Phi) is 10.1. The summed E-state index contributed by atoms with van der Waals surface area (Å²) < 4.78 is 5.96. The molecule has 1 heterocycles. The second-order valence-electron chi connectivity index (χ2n) is 7.61. The van der Waals surface area contributed by atoms with Crippen molar-refractivity contribution < 1.29 is 4.74 Å². The van der Waals surface area contributed by atoms with Crippen molar-refractivity contribution in [2.75, 3.05) is 59.4 Å². The molecule has 0 amide bonds. The van der Waals surface area contributed by atoms with E-state index >= 15 is 0 Å². The Morgan fingerprint density at radius 1 is 1.14 bits per heavy atom. The molecule has 0 spiro atoms. The fourth-order valence-corrected chi connectivity index (χ4v) is 3.42. The number of nitrogens with one attached hydrogen (secondary N) is 2. The van der Waals surface area contributed by atoms with Crippen LogP contribution >= 0.6 is 0 Å². The highest BCUT2D eigenvalue weighted by atomic mass is 16.5. The van der Waals surface area contributed by atoms with Crippen molar-refractivity contribution in [2.24, 2.45) is 4.99 Å². The zero-order valence-corrected chi connectivity index (χ0v) is 18.2. The van der Waals surface area contributed by atoms with Gasteiger partial charge >= 0.3 is 0 Å². The van der Waals surface area contributed by atoms with Gasteiger partial charge in [-0.1, -0.05) is 19.1 Å². The van der Waals surface area contributed by atoms with Crippen molar-refractivity contribution >= 4 is 5.96 Å². The number of piperazine rings is 1. The van der Waals surface area contributed by atoms with Crippen molar-refractivity contribution in [1.29, 1.82) is 0 Å². The van der Waals surface area contributed by atoms with E-state index in [1.807, 2.05) is 19.2 Å². The molecule has 1 atom stereocenters. The Morgan fingerprint density at radius 3 is 2.57 bits per heavy atom. The molecule has 0 radical (unpaired) electrons. The zero-order chi connectivity index (χ0) is 20.2. The third kappa shape index (κ3) is 8.48. The summed E-state index contributed by atoms with van der Waals surface area (Å²) in [5.74, 6) is 1.76. The molecule has 1 saturated heterocycles. The average molecular weight is 390 g/mol. The molecule has 2 N–H and O–H groups in total. The number of ether oxygens (including phenoxy) is 1. The minimum Gasteiger partial charge on any atom is -0.489 e. The lowest BCUT2D eigenvalue weighted by Gasteiger charge is -2.34. The highest BCUT2D eigenvalue weighted by molar-refractivity contribution is 5.79. The van der Waals surface area contributed by atoms with E-state index in [4.69, 9.17) is 4.74 Å². The maximum absolute atomic E-state index is 5.96. The van der Waals surface area contributed by atoms with E-state index in [0.29, 0.717) is 0 Å². The lowest BCUT2D eigenvalue weighted by atomic mass is 10.2. The van der Waals surface area contributed by atoms with Crippen molar-refractivity contribution in [2.45, 2.75) is 39.7 Å². The number of unbranched alkanes of at least 4 members (excludes halogenated alkanes) is 1. The monoisotopic (exact) mass is 389 g/mol. The molecule has 1 aliphatic heterocycles. The van der Waals surface area contributed by atoms with Crippen LogP contribution in [0.5, 0.6) is 5.75 Å². The van der Waals surface area contributed by atoms with Crippen molar-refractivity contribution in [1.82, 2.24) is 20.4 Å². The van der Waals surface area contributed by atoms with Crippen LogP contribution in [0.25, 0.3) is 0 Å². The van der Waals surface area contributed by atoms with Crippen LogP contribution in [0.3, 0.4) is 0 Å². The Bertz CT molecular complexity index is 584. The van der Waals surface area contributed by atoms with Crippen LogP contribution < -0.4 is 15.4 Å². The van der Waals surface area contributed by atoms with Crippen LogP contribution in [0.1, 0.15) is 32.3 Å². The number of likely N-dealkylation sites (N-methyl/N-ethyl adjacent to an activating group) is 1. The summed E-state index contributed by atoms with van der Waals surface area (Å²) in [5, 5.41) is 6.76. The quantitative estimate of drug-likeness (QED) is 0.365. The first-order valence-electron chi connectivity index (χ1n) is 10.7. The largest absolute Gasteiger partial charge is 0.489 e. The van der Waals surface area contributed by atoms with Gasteiger partial charge in [0.1, 0.15) is 11.9 Å². The first kappa shape index (κ1) is 22.5. The van der Waals surface area contributed by atoms with Crippen LogP contribution in [-0.2, 0) is 0 Å². The topological polar surface area (TPSA) is 52.1 Å². The summed E-state index contributed by atoms with van der Waals surface area (Å²) in [7, 11) is 1.81. The van der Waals surface area contributed by atoms with Gasteiger partial charge in [0.25, 0.3) is 0 Å². The molecule has 1 aromatic rings. The van der Waals surface area contributed by atoms with Gasteiger partial charge in [-0.15, -0.1) is 0 Å². The van der Waals surface area contributed by atoms with E-state index in [1.54, 1.807) is 0 Å². The summed E-state index contributed by atoms with van der Waals surface area (Å²) in [6.07, 6.45) is 2.45. The van der Waals surface area contributed by atoms with Crippen LogP contribution in [0.4, 0.5) is 0 Å². The van der Waals surface area contributed by atoms with E-state index in [9.17, 15) is 0 Å². The second-order valence-corrected chi connectivity index (χ2v) is 7.61. The molecule has 0 aromatic heterocycles. The highest BCUT2D eigenvalue weighted by Crippen LogP contribution is 2.13. The maximum Gasteiger partial charge on any atom is 0.191 e. The molecule has 1 fully saturated rings. The molecule has 6 nitrogen and oxygen atoms in total. The number of benzene rings is 1. The number of rotatable bonds is 10. The number of aryl methyl sites for hydroxylation is 1. The number of hydrogen-bond donors (Lipinski definition) is 2. The molecular weight excluding hydrogens is 350 g/mol. The normalized spacial score (nSPS) is 17.4. The number of aliphatic imine (C=N–C) groups is 1. The maximum atomic E-state index is 5.96. The summed E-state index contributed by atoms with van der Waals surface area (Å²) in [5.41, 5.74) is 1.21. The van der Waals surface area contributed by atoms with Gasteiger partial charge in [-0.05, 0) is 57.5 Å². The van der Waals surface area contributed by atoms with Gasteiger partial charge in [0.05, 0.1) is 6.54 Å². The summed E-state index contributed by atoms with van der Waals surface area (Å²) in [6, 6.07) is 8.16. The Labute approximate surface area is 171 Å². The third-order valence-electron chi connectivity index (χ3n) is 5.21. The number of guanidine groups is 1.